The van der Waals surface area contributed by atoms with E-state index in [1.54, 1.807) is 25.2 Å². The topological polar surface area (TPSA) is 70.8 Å². The second-order valence-corrected chi connectivity index (χ2v) is 8.01. The van der Waals surface area contributed by atoms with Gasteiger partial charge in [0.15, 0.2) is 0 Å². The van der Waals surface area contributed by atoms with E-state index >= 15 is 0 Å². The minimum Gasteiger partial charge on any atom is -0.465 e. The van der Waals surface area contributed by atoms with Crippen LogP contribution in [0.1, 0.15) is 27.5 Å². The molecule has 0 radical (unpaired) electrons. The van der Waals surface area contributed by atoms with Crippen LogP contribution in [0.15, 0.2) is 20.8 Å². The van der Waals surface area contributed by atoms with Gasteiger partial charge >= 0.3 is 0 Å². The van der Waals surface area contributed by atoms with Crippen LogP contribution in [0.2, 0.25) is 0 Å². The molecular weight excluding hydrogens is 310 g/mol. The number of nitrogens with zero attached hydrogens (tertiary/aromatic N) is 1. The third-order valence-electron chi connectivity index (χ3n) is 3.85. The van der Waals surface area contributed by atoms with Gasteiger partial charge in [0.25, 0.3) is 0 Å². The number of fused-ring (bicyclic) bond motifs is 1. The fraction of sp³-hybridized carbons (Fsp3) is 0.429. The van der Waals surface area contributed by atoms with Crippen LogP contribution < -0.4 is 0 Å². The van der Waals surface area contributed by atoms with Crippen molar-refractivity contribution in [2.75, 3.05) is 6.54 Å². The Balaban J connectivity index is 2.03. The highest BCUT2D eigenvalue weighted by Gasteiger charge is 2.34. The highest BCUT2D eigenvalue weighted by atomic mass is 32.2. The summed E-state index contributed by atoms with van der Waals surface area (Å²) in [5.74, 6) is 0.800. The summed E-state index contributed by atoms with van der Waals surface area (Å²) in [4.78, 5) is 1.38. The van der Waals surface area contributed by atoms with Gasteiger partial charge in [-0.05, 0) is 37.3 Å². The predicted molar refractivity (Wildman–Crippen MR) is 79.7 cm³/mol. The largest absolute Gasteiger partial charge is 0.465 e. The van der Waals surface area contributed by atoms with E-state index in [4.69, 9.17) is 4.42 Å². The molecule has 2 aromatic heterocycles. The van der Waals surface area contributed by atoms with Crippen molar-refractivity contribution in [3.05, 3.63) is 39.0 Å². The van der Waals surface area contributed by atoms with Crippen molar-refractivity contribution in [3.8, 4) is 0 Å². The number of aliphatic hydroxyl groups excluding tert-OH is 1. The maximum Gasteiger partial charge on any atom is 0.247 e. The molecule has 0 spiro atoms. The first-order valence-electron chi connectivity index (χ1n) is 6.70. The van der Waals surface area contributed by atoms with Crippen LogP contribution >= 0.6 is 11.3 Å². The van der Waals surface area contributed by atoms with Crippen molar-refractivity contribution in [1.82, 2.24) is 4.31 Å². The molecule has 0 aromatic carbocycles. The van der Waals surface area contributed by atoms with E-state index in [1.165, 1.54) is 9.18 Å². The number of rotatable bonds is 3. The molecule has 3 rings (SSSR count). The molecule has 0 saturated heterocycles. The lowest BCUT2D eigenvalue weighted by molar-refractivity contribution is 0.276. The summed E-state index contributed by atoms with van der Waals surface area (Å²) in [5, 5.41) is 11.5. The highest BCUT2D eigenvalue weighted by Crippen LogP contribution is 2.33. The van der Waals surface area contributed by atoms with E-state index in [9.17, 15) is 13.5 Å². The maximum absolute atomic E-state index is 12.9. The second-order valence-electron chi connectivity index (χ2n) is 5.14. The third-order valence-corrected chi connectivity index (χ3v) is 6.92. The van der Waals surface area contributed by atoms with Gasteiger partial charge in [-0.3, -0.25) is 0 Å². The SMILES string of the molecule is Cc1oc(C)c(S(=O)(=O)N2CCc3sccc3C2)c1CO. The van der Waals surface area contributed by atoms with Crippen LogP contribution in [0, 0.1) is 13.8 Å². The van der Waals surface area contributed by atoms with Gasteiger partial charge < -0.3 is 9.52 Å². The number of aryl methyl sites for hydroxylation is 2. The Hall–Kier alpha value is -1.15. The molecule has 0 bridgehead atoms. The lowest BCUT2D eigenvalue weighted by atomic mass is 10.1. The van der Waals surface area contributed by atoms with Crippen molar-refractivity contribution in [2.24, 2.45) is 0 Å². The van der Waals surface area contributed by atoms with Gasteiger partial charge in [-0.1, -0.05) is 0 Å². The Kier molecular flexibility index (Phi) is 3.69. The van der Waals surface area contributed by atoms with Gasteiger partial charge in [0, 0.05) is 23.5 Å². The van der Waals surface area contributed by atoms with E-state index in [0.717, 1.165) is 12.0 Å². The van der Waals surface area contributed by atoms with Crippen LogP contribution in [-0.2, 0) is 29.6 Å². The summed E-state index contributed by atoms with van der Waals surface area (Å²) in [7, 11) is -3.65. The summed E-state index contributed by atoms with van der Waals surface area (Å²) in [5.41, 5.74) is 1.43. The molecule has 0 amide bonds. The van der Waals surface area contributed by atoms with Crippen LogP contribution in [0.4, 0.5) is 0 Å². The smallest absolute Gasteiger partial charge is 0.247 e. The number of hydrogen-bond donors (Lipinski definition) is 1. The van der Waals surface area contributed by atoms with Crippen molar-refractivity contribution in [3.63, 3.8) is 0 Å². The molecular formula is C14H17NO4S2. The van der Waals surface area contributed by atoms with Crippen molar-refractivity contribution >= 4 is 21.4 Å². The van der Waals surface area contributed by atoms with Crippen LogP contribution in [-0.4, -0.2) is 24.4 Å². The molecule has 0 aliphatic carbocycles. The third kappa shape index (κ3) is 2.34. The standard InChI is InChI=1S/C14H17NO4S2/c1-9-12(8-16)14(10(2)19-9)21(17,18)15-5-3-13-11(7-15)4-6-20-13/h4,6,16H,3,5,7-8H2,1-2H3. The van der Waals surface area contributed by atoms with Crippen LogP contribution in [0.25, 0.3) is 0 Å². The molecule has 1 N–H and O–H groups in total. The van der Waals surface area contributed by atoms with Gasteiger partial charge in [0.05, 0.1) is 6.61 Å². The molecule has 1 aliphatic heterocycles. The van der Waals surface area contributed by atoms with Gasteiger partial charge in [0.2, 0.25) is 10.0 Å². The monoisotopic (exact) mass is 327 g/mol. The lowest BCUT2D eigenvalue weighted by Gasteiger charge is -2.26. The number of aliphatic hydroxyl groups is 1. The van der Waals surface area contributed by atoms with Gasteiger partial charge in [0.1, 0.15) is 16.4 Å². The molecule has 21 heavy (non-hydrogen) atoms. The zero-order valence-electron chi connectivity index (χ0n) is 11.9. The minimum absolute atomic E-state index is 0.126. The lowest BCUT2D eigenvalue weighted by Crippen LogP contribution is -2.35. The Morgan fingerprint density at radius 1 is 1.38 bits per heavy atom. The Labute approximate surface area is 127 Å². The number of thiophene rings is 1. The molecule has 2 aromatic rings. The molecule has 3 heterocycles. The first-order valence-corrected chi connectivity index (χ1v) is 9.02. The molecule has 1 aliphatic rings. The first kappa shape index (κ1) is 14.8. The van der Waals surface area contributed by atoms with Gasteiger partial charge in [-0.25, -0.2) is 8.42 Å². The Bertz CT molecular complexity index is 773. The first-order chi connectivity index (χ1) is 9.95. The van der Waals surface area contributed by atoms with Crippen LogP contribution in [0.3, 0.4) is 0 Å². The minimum atomic E-state index is -3.65. The molecule has 7 heteroatoms. The highest BCUT2D eigenvalue weighted by molar-refractivity contribution is 7.89. The molecule has 5 nitrogen and oxygen atoms in total. The number of sulfonamides is 1. The summed E-state index contributed by atoms with van der Waals surface area (Å²) in [6.07, 6.45) is 0.733. The fourth-order valence-electron chi connectivity index (χ4n) is 2.79. The quantitative estimate of drug-likeness (QED) is 0.938. The zero-order valence-corrected chi connectivity index (χ0v) is 13.6. The van der Waals surface area contributed by atoms with Crippen molar-refractivity contribution in [2.45, 2.75) is 38.3 Å². The van der Waals surface area contributed by atoms with E-state index in [2.05, 4.69) is 0 Å². The average Bonchev–Trinajstić information content (AvgIpc) is 3.01. The number of hydrogen-bond acceptors (Lipinski definition) is 5. The summed E-state index contributed by atoms with van der Waals surface area (Å²) >= 11 is 1.67. The predicted octanol–water partition coefficient (Wildman–Crippen LogP) is 2.20. The van der Waals surface area contributed by atoms with E-state index in [-0.39, 0.29) is 11.5 Å². The molecule has 0 unspecified atom stereocenters. The van der Waals surface area contributed by atoms with Gasteiger partial charge in [-0.2, -0.15) is 4.31 Å². The van der Waals surface area contributed by atoms with Crippen LogP contribution in [0.5, 0.6) is 0 Å². The summed E-state index contributed by atoms with van der Waals surface area (Å²) in [6, 6.07) is 1.97. The van der Waals surface area contributed by atoms with E-state index in [1.807, 2.05) is 11.4 Å². The molecule has 114 valence electrons. The average molecular weight is 327 g/mol. The Morgan fingerprint density at radius 2 is 2.14 bits per heavy atom. The van der Waals surface area contributed by atoms with E-state index < -0.39 is 10.0 Å². The summed E-state index contributed by atoms with van der Waals surface area (Å²) < 4.78 is 32.7. The summed E-state index contributed by atoms with van der Waals surface area (Å²) in [6.45, 7) is 3.80. The normalized spacial score (nSPS) is 16.1. The zero-order chi connectivity index (χ0) is 15.2. The Morgan fingerprint density at radius 3 is 2.86 bits per heavy atom. The van der Waals surface area contributed by atoms with Crippen molar-refractivity contribution < 1.29 is 17.9 Å². The molecule has 0 fully saturated rings. The molecule has 0 atom stereocenters. The number of furan rings is 1. The molecule has 0 saturated carbocycles. The van der Waals surface area contributed by atoms with Crippen molar-refractivity contribution in [1.29, 1.82) is 0 Å². The second kappa shape index (κ2) is 5.24. The van der Waals surface area contributed by atoms with Gasteiger partial charge in [-0.15, -0.1) is 11.3 Å². The maximum atomic E-state index is 12.9. The van der Waals surface area contributed by atoms with E-state index in [0.29, 0.717) is 30.2 Å². The fourth-order valence-corrected chi connectivity index (χ4v) is 5.50.